The van der Waals surface area contributed by atoms with Crippen LogP contribution in [0.4, 0.5) is 4.39 Å². The van der Waals surface area contributed by atoms with Gasteiger partial charge in [-0.05, 0) is 51.4 Å². The van der Waals surface area contributed by atoms with Gasteiger partial charge in [0.25, 0.3) is 0 Å². The van der Waals surface area contributed by atoms with E-state index in [1.165, 1.54) is 31.5 Å². The molecule has 0 saturated carbocycles. The second kappa shape index (κ2) is 7.70. The van der Waals surface area contributed by atoms with Gasteiger partial charge in [0.2, 0.25) is 0 Å². The number of nitrogens with zero attached hydrogens (tertiary/aromatic N) is 2. The zero-order chi connectivity index (χ0) is 14.4. The average molecular weight is 279 g/mol. The molecule has 2 heterocycles. The van der Waals surface area contributed by atoms with Gasteiger partial charge < -0.3 is 5.32 Å². The number of pyridine rings is 1. The highest BCUT2D eigenvalue weighted by atomic mass is 19.1. The Labute approximate surface area is 121 Å². The van der Waals surface area contributed by atoms with Gasteiger partial charge >= 0.3 is 0 Å². The van der Waals surface area contributed by atoms with Gasteiger partial charge in [-0.2, -0.15) is 0 Å². The van der Waals surface area contributed by atoms with E-state index >= 15 is 0 Å². The van der Waals surface area contributed by atoms with Gasteiger partial charge in [0.15, 0.2) is 0 Å². The Morgan fingerprint density at radius 1 is 1.45 bits per heavy atom. The molecule has 0 radical (unpaired) electrons. The minimum absolute atomic E-state index is 0.235. The number of aromatic nitrogens is 1. The number of hydrogen-bond donors (Lipinski definition) is 1. The van der Waals surface area contributed by atoms with Crippen molar-refractivity contribution in [2.24, 2.45) is 0 Å². The van der Waals surface area contributed by atoms with Crippen molar-refractivity contribution < 1.29 is 4.39 Å². The molecule has 2 atom stereocenters. The zero-order valence-corrected chi connectivity index (χ0v) is 12.6. The number of nitrogens with one attached hydrogen (secondary N) is 1. The minimum atomic E-state index is -0.267. The van der Waals surface area contributed by atoms with E-state index in [0.717, 1.165) is 31.7 Å². The molecular weight excluding hydrogens is 253 g/mol. The van der Waals surface area contributed by atoms with Gasteiger partial charge in [-0.1, -0.05) is 13.3 Å². The highest BCUT2D eigenvalue weighted by Crippen LogP contribution is 2.20. The Morgan fingerprint density at radius 3 is 2.90 bits per heavy atom. The van der Waals surface area contributed by atoms with Crippen molar-refractivity contribution in [3.8, 4) is 0 Å². The fourth-order valence-corrected chi connectivity index (χ4v) is 2.91. The molecule has 2 rings (SSSR count). The third-order valence-corrected chi connectivity index (χ3v) is 4.10. The molecule has 1 fully saturated rings. The SMILES string of the molecule is CCCN(CC1CCCCN1)C(C)c1ccc(F)cn1. The third kappa shape index (κ3) is 4.25. The van der Waals surface area contributed by atoms with E-state index in [1.807, 2.05) is 0 Å². The summed E-state index contributed by atoms with van der Waals surface area (Å²) in [6.07, 6.45) is 6.30. The summed E-state index contributed by atoms with van der Waals surface area (Å²) < 4.78 is 13.0. The Kier molecular flexibility index (Phi) is 5.92. The molecule has 4 heteroatoms. The van der Waals surface area contributed by atoms with Crippen LogP contribution in [0.3, 0.4) is 0 Å². The first-order valence-corrected chi connectivity index (χ1v) is 7.79. The van der Waals surface area contributed by atoms with Crippen LogP contribution in [0, 0.1) is 5.82 Å². The van der Waals surface area contributed by atoms with Gasteiger partial charge in [0.1, 0.15) is 5.82 Å². The smallest absolute Gasteiger partial charge is 0.141 e. The Balaban J connectivity index is 2.00. The van der Waals surface area contributed by atoms with E-state index < -0.39 is 0 Å². The molecule has 1 saturated heterocycles. The van der Waals surface area contributed by atoms with Crippen molar-refractivity contribution >= 4 is 0 Å². The monoisotopic (exact) mass is 279 g/mol. The second-order valence-corrected chi connectivity index (χ2v) is 5.72. The van der Waals surface area contributed by atoms with Gasteiger partial charge in [-0.25, -0.2) is 4.39 Å². The Morgan fingerprint density at radius 2 is 2.30 bits per heavy atom. The molecule has 0 spiro atoms. The quantitative estimate of drug-likeness (QED) is 0.867. The Bertz CT molecular complexity index is 387. The first-order valence-electron chi connectivity index (χ1n) is 7.79. The lowest BCUT2D eigenvalue weighted by atomic mass is 10.0. The predicted octanol–water partition coefficient (Wildman–Crippen LogP) is 3.14. The normalized spacial score (nSPS) is 21.1. The van der Waals surface area contributed by atoms with Crippen molar-refractivity contribution in [1.82, 2.24) is 15.2 Å². The Hall–Kier alpha value is -1.00. The zero-order valence-electron chi connectivity index (χ0n) is 12.6. The first-order chi connectivity index (χ1) is 9.70. The molecule has 1 aliphatic rings. The fraction of sp³-hybridized carbons (Fsp3) is 0.688. The predicted molar refractivity (Wildman–Crippen MR) is 80.1 cm³/mol. The van der Waals surface area contributed by atoms with Crippen LogP contribution in [-0.4, -0.2) is 35.6 Å². The van der Waals surface area contributed by atoms with E-state index in [2.05, 4.69) is 29.0 Å². The van der Waals surface area contributed by atoms with Crippen LogP contribution in [0.5, 0.6) is 0 Å². The summed E-state index contributed by atoms with van der Waals surface area (Å²) in [5, 5.41) is 3.60. The molecule has 3 nitrogen and oxygen atoms in total. The van der Waals surface area contributed by atoms with Crippen molar-refractivity contribution in [1.29, 1.82) is 0 Å². The average Bonchev–Trinajstić information content (AvgIpc) is 2.48. The first kappa shape index (κ1) is 15.4. The standard InChI is InChI=1S/C16H26FN3/c1-3-10-20(12-15-6-4-5-9-18-15)13(2)16-8-7-14(17)11-19-16/h7-8,11,13,15,18H,3-6,9-10,12H2,1-2H3. The molecule has 1 aromatic rings. The number of rotatable bonds is 6. The van der Waals surface area contributed by atoms with Crippen LogP contribution in [-0.2, 0) is 0 Å². The number of halogens is 1. The maximum Gasteiger partial charge on any atom is 0.141 e. The van der Waals surface area contributed by atoms with Crippen LogP contribution in [0.25, 0.3) is 0 Å². The maximum absolute atomic E-state index is 13.0. The highest BCUT2D eigenvalue weighted by molar-refractivity contribution is 5.09. The topological polar surface area (TPSA) is 28.2 Å². The summed E-state index contributed by atoms with van der Waals surface area (Å²) in [6.45, 7) is 7.60. The molecule has 20 heavy (non-hydrogen) atoms. The summed E-state index contributed by atoms with van der Waals surface area (Å²) in [6, 6.07) is 4.12. The molecule has 0 aromatic carbocycles. The molecule has 1 N–H and O–H groups in total. The molecule has 1 aliphatic heterocycles. The maximum atomic E-state index is 13.0. The van der Waals surface area contributed by atoms with E-state index in [9.17, 15) is 4.39 Å². The lowest BCUT2D eigenvalue weighted by Gasteiger charge is -2.34. The van der Waals surface area contributed by atoms with Crippen molar-refractivity contribution in [3.63, 3.8) is 0 Å². The van der Waals surface area contributed by atoms with Crippen LogP contribution in [0.15, 0.2) is 18.3 Å². The minimum Gasteiger partial charge on any atom is -0.313 e. The lowest BCUT2D eigenvalue weighted by molar-refractivity contribution is 0.173. The molecule has 0 bridgehead atoms. The summed E-state index contributed by atoms with van der Waals surface area (Å²) >= 11 is 0. The van der Waals surface area contributed by atoms with E-state index in [-0.39, 0.29) is 11.9 Å². The molecule has 112 valence electrons. The van der Waals surface area contributed by atoms with Gasteiger partial charge in [-0.3, -0.25) is 9.88 Å². The molecular formula is C16H26FN3. The molecule has 0 amide bonds. The van der Waals surface area contributed by atoms with Crippen molar-refractivity contribution in [3.05, 3.63) is 29.8 Å². The highest BCUT2D eigenvalue weighted by Gasteiger charge is 2.21. The van der Waals surface area contributed by atoms with Crippen LogP contribution in [0.2, 0.25) is 0 Å². The number of hydrogen-bond acceptors (Lipinski definition) is 3. The molecule has 1 aromatic heterocycles. The molecule has 2 unspecified atom stereocenters. The second-order valence-electron chi connectivity index (χ2n) is 5.72. The lowest BCUT2D eigenvalue weighted by Crippen LogP contribution is -2.44. The van der Waals surface area contributed by atoms with Gasteiger partial charge in [-0.15, -0.1) is 0 Å². The summed E-state index contributed by atoms with van der Waals surface area (Å²) in [7, 11) is 0. The summed E-state index contributed by atoms with van der Waals surface area (Å²) in [4.78, 5) is 6.70. The van der Waals surface area contributed by atoms with E-state index in [0.29, 0.717) is 6.04 Å². The van der Waals surface area contributed by atoms with Crippen molar-refractivity contribution in [2.45, 2.75) is 51.6 Å². The molecule has 0 aliphatic carbocycles. The van der Waals surface area contributed by atoms with Crippen molar-refractivity contribution in [2.75, 3.05) is 19.6 Å². The fourth-order valence-electron chi connectivity index (χ4n) is 2.91. The summed E-state index contributed by atoms with van der Waals surface area (Å²) in [5.41, 5.74) is 0.954. The van der Waals surface area contributed by atoms with Crippen LogP contribution in [0.1, 0.15) is 51.3 Å². The number of piperidine rings is 1. The van der Waals surface area contributed by atoms with Crippen LogP contribution >= 0.6 is 0 Å². The summed E-state index contributed by atoms with van der Waals surface area (Å²) in [5.74, 6) is -0.267. The largest absolute Gasteiger partial charge is 0.313 e. The van der Waals surface area contributed by atoms with Crippen LogP contribution < -0.4 is 5.32 Å². The van der Waals surface area contributed by atoms with Gasteiger partial charge in [0.05, 0.1) is 11.9 Å². The van der Waals surface area contributed by atoms with E-state index in [4.69, 9.17) is 0 Å². The van der Waals surface area contributed by atoms with Gasteiger partial charge in [0, 0.05) is 18.6 Å². The van der Waals surface area contributed by atoms with E-state index in [1.54, 1.807) is 6.07 Å². The third-order valence-electron chi connectivity index (χ3n) is 4.10.